The average Bonchev–Trinajstić information content (AvgIpc) is 3.38. The fraction of sp³-hybridized carbons (Fsp3) is 0.217. The third-order valence-corrected chi connectivity index (χ3v) is 6.97. The van der Waals surface area contributed by atoms with Crippen LogP contribution < -0.4 is 10.2 Å². The highest BCUT2D eigenvalue weighted by atomic mass is 32.2. The van der Waals surface area contributed by atoms with E-state index in [0.717, 1.165) is 28.2 Å². The van der Waals surface area contributed by atoms with E-state index in [1.54, 1.807) is 23.1 Å². The van der Waals surface area contributed by atoms with E-state index in [-0.39, 0.29) is 17.2 Å². The van der Waals surface area contributed by atoms with E-state index in [1.807, 2.05) is 58.8 Å². The Morgan fingerprint density at radius 1 is 1.10 bits per heavy atom. The summed E-state index contributed by atoms with van der Waals surface area (Å²) < 4.78 is 0. The molecule has 1 fully saturated rings. The summed E-state index contributed by atoms with van der Waals surface area (Å²) in [7, 11) is 0. The minimum absolute atomic E-state index is 0.0248. The first-order valence-corrected chi connectivity index (χ1v) is 11.5. The van der Waals surface area contributed by atoms with Crippen LogP contribution in [0.25, 0.3) is 0 Å². The van der Waals surface area contributed by atoms with E-state index in [1.165, 1.54) is 5.56 Å². The molecule has 0 radical (unpaired) electrons. The summed E-state index contributed by atoms with van der Waals surface area (Å²) >= 11 is 3.21. The van der Waals surface area contributed by atoms with Crippen LogP contribution in [0.4, 0.5) is 11.4 Å². The molecular weight excluding hydrogens is 400 g/mol. The number of thiophene rings is 1. The maximum atomic E-state index is 12.5. The topological polar surface area (TPSA) is 49.4 Å². The van der Waals surface area contributed by atoms with Gasteiger partial charge in [-0.15, -0.1) is 23.1 Å². The van der Waals surface area contributed by atoms with Gasteiger partial charge in [-0.25, -0.2) is 0 Å². The molecule has 1 saturated heterocycles. The van der Waals surface area contributed by atoms with Gasteiger partial charge in [0, 0.05) is 16.3 Å². The predicted molar refractivity (Wildman–Crippen MR) is 122 cm³/mol. The summed E-state index contributed by atoms with van der Waals surface area (Å²) in [5.41, 5.74) is 4.00. The van der Waals surface area contributed by atoms with Crippen LogP contribution in [0.15, 0.2) is 66.0 Å². The molecule has 0 spiro atoms. The van der Waals surface area contributed by atoms with Crippen molar-refractivity contribution in [2.24, 2.45) is 0 Å². The summed E-state index contributed by atoms with van der Waals surface area (Å²) in [5, 5.41) is 4.86. The summed E-state index contributed by atoms with van der Waals surface area (Å²) in [4.78, 5) is 27.6. The van der Waals surface area contributed by atoms with E-state index in [4.69, 9.17) is 0 Å². The fourth-order valence-electron chi connectivity index (χ4n) is 3.35. The SMILES string of the molecule is CCc1ccc(N2C(=O)CSC2c2ccc(NC(=O)Cc3cccs3)cc2)cc1. The summed E-state index contributed by atoms with van der Waals surface area (Å²) in [6.07, 6.45) is 1.36. The summed E-state index contributed by atoms with van der Waals surface area (Å²) in [5.74, 6) is 0.570. The summed E-state index contributed by atoms with van der Waals surface area (Å²) in [6.45, 7) is 2.12. The zero-order valence-electron chi connectivity index (χ0n) is 16.1. The van der Waals surface area contributed by atoms with Crippen molar-refractivity contribution in [3.05, 3.63) is 82.0 Å². The average molecular weight is 423 g/mol. The van der Waals surface area contributed by atoms with E-state index in [9.17, 15) is 9.59 Å². The molecule has 1 aliphatic rings. The molecule has 1 aliphatic heterocycles. The molecule has 1 atom stereocenters. The predicted octanol–water partition coefficient (Wildman–Crippen LogP) is 5.27. The smallest absolute Gasteiger partial charge is 0.238 e. The fourth-order valence-corrected chi connectivity index (χ4v) is 5.23. The number of aryl methyl sites for hydroxylation is 1. The van der Waals surface area contributed by atoms with Crippen molar-refractivity contribution < 1.29 is 9.59 Å². The highest BCUT2D eigenvalue weighted by Gasteiger charge is 2.33. The number of anilines is 2. The first-order chi connectivity index (χ1) is 14.1. The molecule has 1 unspecified atom stereocenters. The van der Waals surface area contributed by atoms with Crippen LogP contribution in [0.2, 0.25) is 0 Å². The number of carbonyl (C=O) groups is 2. The molecule has 6 heteroatoms. The van der Waals surface area contributed by atoms with Gasteiger partial charge in [-0.05, 0) is 53.3 Å². The van der Waals surface area contributed by atoms with Crippen LogP contribution in [-0.4, -0.2) is 17.6 Å². The van der Waals surface area contributed by atoms with Crippen LogP contribution >= 0.6 is 23.1 Å². The molecule has 4 nitrogen and oxygen atoms in total. The van der Waals surface area contributed by atoms with Crippen LogP contribution in [0.1, 0.15) is 28.3 Å². The molecule has 0 bridgehead atoms. The third-order valence-electron chi connectivity index (χ3n) is 4.89. The van der Waals surface area contributed by atoms with Gasteiger partial charge >= 0.3 is 0 Å². The molecule has 0 saturated carbocycles. The van der Waals surface area contributed by atoms with Gasteiger partial charge in [-0.2, -0.15) is 0 Å². The minimum Gasteiger partial charge on any atom is -0.326 e. The van der Waals surface area contributed by atoms with Crippen molar-refractivity contribution in [3.8, 4) is 0 Å². The number of hydrogen-bond donors (Lipinski definition) is 1. The third kappa shape index (κ3) is 4.54. The first kappa shape index (κ1) is 19.7. The number of hydrogen-bond acceptors (Lipinski definition) is 4. The second-order valence-electron chi connectivity index (χ2n) is 6.87. The van der Waals surface area contributed by atoms with Gasteiger partial charge in [-0.1, -0.05) is 37.3 Å². The van der Waals surface area contributed by atoms with Crippen LogP contribution in [0.3, 0.4) is 0 Å². The van der Waals surface area contributed by atoms with E-state index in [0.29, 0.717) is 12.2 Å². The summed E-state index contributed by atoms with van der Waals surface area (Å²) in [6, 6.07) is 19.9. The lowest BCUT2D eigenvalue weighted by atomic mass is 10.1. The molecule has 2 amide bonds. The van der Waals surface area contributed by atoms with E-state index >= 15 is 0 Å². The van der Waals surface area contributed by atoms with Gasteiger partial charge in [0.1, 0.15) is 5.37 Å². The highest BCUT2D eigenvalue weighted by Crippen LogP contribution is 2.42. The molecule has 1 N–H and O–H groups in total. The van der Waals surface area contributed by atoms with Gasteiger partial charge in [0.25, 0.3) is 0 Å². The van der Waals surface area contributed by atoms with Gasteiger partial charge in [0.15, 0.2) is 0 Å². The molecule has 2 heterocycles. The molecular formula is C23H22N2O2S2. The zero-order chi connectivity index (χ0) is 20.2. The Bertz CT molecular complexity index is 983. The Labute approximate surface area is 178 Å². The Hall–Kier alpha value is -2.57. The lowest BCUT2D eigenvalue weighted by Gasteiger charge is -2.24. The maximum Gasteiger partial charge on any atom is 0.238 e. The lowest BCUT2D eigenvalue weighted by molar-refractivity contribution is -0.116. The first-order valence-electron chi connectivity index (χ1n) is 9.59. The van der Waals surface area contributed by atoms with E-state index < -0.39 is 0 Å². The number of carbonyl (C=O) groups excluding carboxylic acids is 2. The molecule has 2 aromatic carbocycles. The number of amides is 2. The number of benzene rings is 2. The van der Waals surface area contributed by atoms with Gasteiger partial charge < -0.3 is 5.32 Å². The zero-order valence-corrected chi connectivity index (χ0v) is 17.8. The van der Waals surface area contributed by atoms with Crippen molar-refractivity contribution >= 4 is 46.3 Å². The van der Waals surface area contributed by atoms with Crippen LogP contribution in [0, 0.1) is 0 Å². The van der Waals surface area contributed by atoms with Crippen molar-refractivity contribution in [2.75, 3.05) is 16.0 Å². The molecule has 148 valence electrons. The van der Waals surface area contributed by atoms with Gasteiger partial charge in [-0.3, -0.25) is 14.5 Å². The number of rotatable bonds is 6. The Morgan fingerprint density at radius 3 is 2.52 bits per heavy atom. The molecule has 3 aromatic rings. The molecule has 0 aliphatic carbocycles. The Morgan fingerprint density at radius 2 is 1.86 bits per heavy atom. The number of thioether (sulfide) groups is 1. The minimum atomic E-state index is -0.0501. The monoisotopic (exact) mass is 422 g/mol. The normalized spacial score (nSPS) is 16.2. The molecule has 4 rings (SSSR count). The van der Waals surface area contributed by atoms with Crippen molar-refractivity contribution in [2.45, 2.75) is 25.1 Å². The standard InChI is InChI=1S/C23H22N2O2S2/c1-2-16-5-11-19(12-6-16)25-22(27)15-29-23(25)17-7-9-18(10-8-17)24-21(26)14-20-4-3-13-28-20/h3-13,23H,2,14-15H2,1H3,(H,24,26). The van der Waals surface area contributed by atoms with Crippen molar-refractivity contribution in [1.82, 2.24) is 0 Å². The second kappa shape index (κ2) is 8.84. The largest absolute Gasteiger partial charge is 0.326 e. The Kier molecular flexibility index (Phi) is 6.02. The maximum absolute atomic E-state index is 12.5. The second-order valence-corrected chi connectivity index (χ2v) is 8.97. The van der Waals surface area contributed by atoms with E-state index in [2.05, 4.69) is 24.4 Å². The number of nitrogens with zero attached hydrogens (tertiary/aromatic N) is 1. The highest BCUT2D eigenvalue weighted by molar-refractivity contribution is 8.00. The van der Waals surface area contributed by atoms with Crippen molar-refractivity contribution in [3.63, 3.8) is 0 Å². The quantitative estimate of drug-likeness (QED) is 0.589. The Balaban J connectivity index is 1.46. The van der Waals surface area contributed by atoms with Crippen LogP contribution in [0.5, 0.6) is 0 Å². The molecule has 1 aromatic heterocycles. The van der Waals surface area contributed by atoms with Crippen molar-refractivity contribution in [1.29, 1.82) is 0 Å². The molecule has 29 heavy (non-hydrogen) atoms. The van der Waals surface area contributed by atoms with Gasteiger partial charge in [0.2, 0.25) is 11.8 Å². The van der Waals surface area contributed by atoms with Gasteiger partial charge in [0.05, 0.1) is 12.2 Å². The lowest BCUT2D eigenvalue weighted by Crippen LogP contribution is -2.27. The number of nitrogens with one attached hydrogen (secondary N) is 1. The van der Waals surface area contributed by atoms with Crippen LogP contribution in [-0.2, 0) is 22.4 Å².